The van der Waals surface area contributed by atoms with Gasteiger partial charge in [-0.3, -0.25) is 0 Å². The minimum Gasteiger partial charge on any atom is -0.488 e. The van der Waals surface area contributed by atoms with Crippen LogP contribution in [0.3, 0.4) is 0 Å². The topological polar surface area (TPSA) is 53.1 Å². The summed E-state index contributed by atoms with van der Waals surface area (Å²) in [7, 11) is 0. The van der Waals surface area contributed by atoms with Gasteiger partial charge in [0.1, 0.15) is 11.9 Å². The normalized spacial score (nSPS) is 23.2. The summed E-state index contributed by atoms with van der Waals surface area (Å²) in [6.45, 7) is 0. The zero-order valence-corrected chi connectivity index (χ0v) is 10.9. The van der Waals surface area contributed by atoms with Gasteiger partial charge >= 0.3 is 0 Å². The highest BCUT2D eigenvalue weighted by atomic mass is 16.5. The van der Waals surface area contributed by atoms with Gasteiger partial charge in [-0.15, -0.1) is 0 Å². The Morgan fingerprint density at radius 2 is 2.16 bits per heavy atom. The minimum absolute atomic E-state index is 0.199. The highest BCUT2D eigenvalue weighted by Crippen LogP contribution is 2.32. The van der Waals surface area contributed by atoms with Crippen LogP contribution in [-0.2, 0) is 0 Å². The standard InChI is InChI=1S/C15H19N3O/c16-12-4-3-5-13(10-12)19-15-7-2-1-6-14(15)18-9-8-17-11-18/h3-5,8-11,14-15H,1-2,6-7,16H2. The number of rotatable bonds is 3. The molecule has 1 saturated carbocycles. The van der Waals surface area contributed by atoms with E-state index in [4.69, 9.17) is 10.5 Å². The van der Waals surface area contributed by atoms with Crippen LogP contribution in [0.15, 0.2) is 43.0 Å². The van der Waals surface area contributed by atoms with Crippen LogP contribution in [0.2, 0.25) is 0 Å². The summed E-state index contributed by atoms with van der Waals surface area (Å²) in [4.78, 5) is 4.14. The molecule has 0 amide bonds. The molecule has 0 saturated heterocycles. The lowest BCUT2D eigenvalue weighted by Gasteiger charge is -2.32. The number of nitrogens with two attached hydrogens (primary N) is 1. The Morgan fingerprint density at radius 1 is 1.26 bits per heavy atom. The molecule has 4 nitrogen and oxygen atoms in total. The predicted octanol–water partition coefficient (Wildman–Crippen LogP) is 3.03. The van der Waals surface area contributed by atoms with Gasteiger partial charge < -0.3 is 15.0 Å². The van der Waals surface area contributed by atoms with Crippen LogP contribution in [0.5, 0.6) is 5.75 Å². The van der Waals surface area contributed by atoms with E-state index in [9.17, 15) is 0 Å². The molecule has 2 atom stereocenters. The lowest BCUT2D eigenvalue weighted by atomic mass is 9.92. The van der Waals surface area contributed by atoms with Crippen LogP contribution < -0.4 is 10.5 Å². The molecule has 1 aromatic heterocycles. The van der Waals surface area contributed by atoms with E-state index in [1.807, 2.05) is 43.0 Å². The van der Waals surface area contributed by atoms with Gasteiger partial charge in [-0.1, -0.05) is 12.5 Å². The number of hydrogen-bond donors (Lipinski definition) is 1. The minimum atomic E-state index is 0.199. The molecule has 2 aromatic rings. The van der Waals surface area contributed by atoms with E-state index in [-0.39, 0.29) is 6.10 Å². The summed E-state index contributed by atoms with van der Waals surface area (Å²) < 4.78 is 8.31. The van der Waals surface area contributed by atoms with Crippen molar-refractivity contribution in [2.24, 2.45) is 0 Å². The van der Waals surface area contributed by atoms with Gasteiger partial charge in [-0.25, -0.2) is 4.98 Å². The largest absolute Gasteiger partial charge is 0.488 e. The second kappa shape index (κ2) is 5.34. The maximum absolute atomic E-state index is 6.14. The van der Waals surface area contributed by atoms with E-state index in [2.05, 4.69) is 9.55 Å². The number of hydrogen-bond acceptors (Lipinski definition) is 3. The molecule has 1 fully saturated rings. The first-order chi connectivity index (χ1) is 9.33. The third kappa shape index (κ3) is 2.72. The molecule has 0 radical (unpaired) electrons. The Hall–Kier alpha value is -1.97. The molecular weight excluding hydrogens is 238 g/mol. The second-order valence-corrected chi connectivity index (χ2v) is 5.09. The van der Waals surface area contributed by atoms with E-state index >= 15 is 0 Å². The van der Waals surface area contributed by atoms with E-state index in [0.717, 1.165) is 24.3 Å². The predicted molar refractivity (Wildman–Crippen MR) is 75.0 cm³/mol. The van der Waals surface area contributed by atoms with Gasteiger partial charge in [0.05, 0.1) is 12.4 Å². The fourth-order valence-corrected chi connectivity index (χ4v) is 2.78. The number of nitrogens with zero attached hydrogens (tertiary/aromatic N) is 2. The zero-order valence-electron chi connectivity index (χ0n) is 10.9. The summed E-state index contributed by atoms with van der Waals surface area (Å²) in [5.74, 6) is 0.858. The van der Waals surface area contributed by atoms with Gasteiger partial charge in [0.25, 0.3) is 0 Å². The van der Waals surface area contributed by atoms with Crippen LogP contribution in [0, 0.1) is 0 Å². The SMILES string of the molecule is Nc1cccc(OC2CCCCC2n2ccnc2)c1. The van der Waals surface area contributed by atoms with Gasteiger partial charge in [-0.2, -0.15) is 0 Å². The summed E-state index contributed by atoms with van der Waals surface area (Å²) in [5.41, 5.74) is 6.54. The van der Waals surface area contributed by atoms with Crippen molar-refractivity contribution in [1.82, 2.24) is 9.55 Å². The molecule has 2 unspecified atom stereocenters. The summed E-state index contributed by atoms with van der Waals surface area (Å²) in [6.07, 6.45) is 10.6. The molecule has 0 spiro atoms. The third-order valence-corrected chi connectivity index (χ3v) is 3.72. The molecule has 3 rings (SSSR count). The first kappa shape index (κ1) is 12.1. The maximum Gasteiger partial charge on any atom is 0.121 e. The lowest BCUT2D eigenvalue weighted by molar-refractivity contribution is 0.0978. The van der Waals surface area contributed by atoms with Gasteiger partial charge in [-0.05, 0) is 31.4 Å². The number of ether oxygens (including phenoxy) is 1. The molecule has 1 aromatic carbocycles. The smallest absolute Gasteiger partial charge is 0.121 e. The van der Waals surface area contributed by atoms with Gasteiger partial charge in [0.15, 0.2) is 0 Å². The van der Waals surface area contributed by atoms with E-state index in [1.54, 1.807) is 0 Å². The van der Waals surface area contributed by atoms with Crippen molar-refractivity contribution < 1.29 is 4.74 Å². The second-order valence-electron chi connectivity index (χ2n) is 5.09. The fourth-order valence-electron chi connectivity index (χ4n) is 2.78. The Balaban J connectivity index is 1.77. The van der Waals surface area contributed by atoms with Crippen molar-refractivity contribution in [2.45, 2.75) is 37.8 Å². The molecule has 100 valence electrons. The monoisotopic (exact) mass is 257 g/mol. The Labute approximate surface area is 113 Å². The first-order valence-corrected chi connectivity index (χ1v) is 6.82. The van der Waals surface area contributed by atoms with Crippen molar-refractivity contribution in [3.05, 3.63) is 43.0 Å². The molecule has 0 aliphatic heterocycles. The summed E-state index contributed by atoms with van der Waals surface area (Å²) in [6, 6.07) is 8.04. The molecule has 1 heterocycles. The first-order valence-electron chi connectivity index (χ1n) is 6.82. The lowest BCUT2D eigenvalue weighted by Crippen LogP contribution is -2.32. The van der Waals surface area contributed by atoms with Crippen LogP contribution in [0.1, 0.15) is 31.7 Å². The van der Waals surface area contributed by atoms with Crippen LogP contribution in [0.4, 0.5) is 5.69 Å². The Bertz CT molecular complexity index is 524. The van der Waals surface area contributed by atoms with Crippen LogP contribution in [0.25, 0.3) is 0 Å². The summed E-state index contributed by atoms with van der Waals surface area (Å²) >= 11 is 0. The number of imidazole rings is 1. The van der Waals surface area contributed by atoms with Crippen LogP contribution in [-0.4, -0.2) is 15.7 Å². The molecule has 1 aliphatic carbocycles. The Morgan fingerprint density at radius 3 is 2.95 bits per heavy atom. The van der Waals surface area contributed by atoms with E-state index in [0.29, 0.717) is 6.04 Å². The number of aromatic nitrogens is 2. The van der Waals surface area contributed by atoms with E-state index < -0.39 is 0 Å². The molecule has 2 N–H and O–H groups in total. The molecule has 19 heavy (non-hydrogen) atoms. The quantitative estimate of drug-likeness (QED) is 0.860. The molecule has 4 heteroatoms. The van der Waals surface area contributed by atoms with Crippen LogP contribution >= 0.6 is 0 Å². The maximum atomic E-state index is 6.14. The number of benzene rings is 1. The summed E-state index contributed by atoms with van der Waals surface area (Å²) in [5, 5.41) is 0. The average molecular weight is 257 g/mol. The highest BCUT2D eigenvalue weighted by molar-refractivity contribution is 5.43. The molecule has 0 bridgehead atoms. The third-order valence-electron chi connectivity index (χ3n) is 3.72. The van der Waals surface area contributed by atoms with Crippen molar-refractivity contribution in [3.63, 3.8) is 0 Å². The van der Waals surface area contributed by atoms with Crippen molar-refractivity contribution >= 4 is 5.69 Å². The molecule has 1 aliphatic rings. The number of nitrogen functional groups attached to an aromatic ring is 1. The molecular formula is C15H19N3O. The van der Waals surface area contributed by atoms with Crippen molar-refractivity contribution in [2.75, 3.05) is 5.73 Å². The zero-order chi connectivity index (χ0) is 13.1. The highest BCUT2D eigenvalue weighted by Gasteiger charge is 2.27. The number of anilines is 1. The average Bonchev–Trinajstić information content (AvgIpc) is 2.93. The Kier molecular flexibility index (Phi) is 3.40. The van der Waals surface area contributed by atoms with Crippen molar-refractivity contribution in [1.29, 1.82) is 0 Å². The van der Waals surface area contributed by atoms with Gasteiger partial charge in [0, 0.05) is 24.1 Å². The van der Waals surface area contributed by atoms with E-state index in [1.165, 1.54) is 12.8 Å². The van der Waals surface area contributed by atoms with Crippen molar-refractivity contribution in [3.8, 4) is 5.75 Å². The fraction of sp³-hybridized carbons (Fsp3) is 0.400. The van der Waals surface area contributed by atoms with Gasteiger partial charge in [0.2, 0.25) is 0 Å².